The Bertz CT molecular complexity index is 1390. The fourth-order valence-corrected chi connectivity index (χ4v) is 4.97. The number of hydrogen-bond donors (Lipinski definition) is 2. The van der Waals surface area contributed by atoms with Crippen molar-refractivity contribution < 1.29 is 18.7 Å². The molecule has 0 aliphatic heterocycles. The van der Waals surface area contributed by atoms with Crippen molar-refractivity contribution >= 4 is 34.6 Å². The lowest BCUT2D eigenvalue weighted by atomic mass is 9.80. The first-order valence-corrected chi connectivity index (χ1v) is 13.4. The van der Waals surface area contributed by atoms with E-state index in [-0.39, 0.29) is 17.3 Å². The lowest BCUT2D eigenvalue weighted by molar-refractivity contribution is -0.135. The fraction of sp³-hybridized carbons (Fsp3) is 0.483. The SMILES string of the molecule is Cc1c(NC(=O)OC(C)(C)C)ccc2nc(NC3(C(=O)N(C)CCc4ccccn4)CCCCC3)oc(=O)c12. The van der Waals surface area contributed by atoms with Gasteiger partial charge < -0.3 is 19.4 Å². The van der Waals surface area contributed by atoms with E-state index >= 15 is 0 Å². The molecule has 0 radical (unpaired) electrons. The lowest BCUT2D eigenvalue weighted by Gasteiger charge is -2.39. The number of fused-ring (bicyclic) bond motifs is 1. The van der Waals surface area contributed by atoms with Gasteiger partial charge in [0.15, 0.2) is 0 Å². The number of aryl methyl sites for hydroxylation is 1. The van der Waals surface area contributed by atoms with E-state index in [9.17, 15) is 14.4 Å². The molecule has 3 aromatic rings. The first kappa shape index (κ1) is 28.1. The highest BCUT2D eigenvalue weighted by molar-refractivity contribution is 5.93. The van der Waals surface area contributed by atoms with E-state index in [4.69, 9.17) is 9.15 Å². The number of anilines is 2. The predicted octanol–water partition coefficient (Wildman–Crippen LogP) is 5.05. The first-order valence-electron chi connectivity index (χ1n) is 13.4. The Morgan fingerprint density at radius 3 is 2.54 bits per heavy atom. The summed E-state index contributed by atoms with van der Waals surface area (Å²) in [5.41, 5.74) is 0.0955. The van der Waals surface area contributed by atoms with Crippen molar-refractivity contribution in [2.75, 3.05) is 24.2 Å². The molecule has 0 atom stereocenters. The van der Waals surface area contributed by atoms with Gasteiger partial charge in [0.2, 0.25) is 5.91 Å². The standard InChI is InChI=1S/C29H37N5O5/c1-19-21(32-27(37)39-28(2,3)4)12-13-22-23(19)24(35)38-26(31-22)33-29(15-8-6-9-16-29)25(36)34(5)18-14-20-11-7-10-17-30-20/h7,10-13,17H,6,8-9,14-16,18H2,1-5H3,(H,31,33)(H,32,37). The Hall–Kier alpha value is -3.95. The van der Waals surface area contributed by atoms with Crippen LogP contribution in [-0.2, 0) is 16.0 Å². The van der Waals surface area contributed by atoms with Crippen LogP contribution in [0.4, 0.5) is 16.5 Å². The molecule has 39 heavy (non-hydrogen) atoms. The number of hydrogen-bond acceptors (Lipinski definition) is 8. The molecule has 0 saturated heterocycles. The molecule has 1 aliphatic rings. The summed E-state index contributed by atoms with van der Waals surface area (Å²) < 4.78 is 10.9. The predicted molar refractivity (Wildman–Crippen MR) is 150 cm³/mol. The van der Waals surface area contributed by atoms with Gasteiger partial charge in [-0.25, -0.2) is 9.59 Å². The Morgan fingerprint density at radius 1 is 1.13 bits per heavy atom. The highest BCUT2D eigenvalue weighted by Gasteiger charge is 2.42. The number of rotatable bonds is 7. The summed E-state index contributed by atoms with van der Waals surface area (Å²) in [6.07, 6.45) is 5.78. The maximum atomic E-state index is 13.7. The number of pyridine rings is 1. The van der Waals surface area contributed by atoms with Crippen LogP contribution >= 0.6 is 0 Å². The van der Waals surface area contributed by atoms with Gasteiger partial charge in [0.05, 0.1) is 10.9 Å². The third-order valence-electron chi connectivity index (χ3n) is 6.93. The summed E-state index contributed by atoms with van der Waals surface area (Å²) in [6, 6.07) is 9.06. The van der Waals surface area contributed by atoms with Gasteiger partial charge in [0.1, 0.15) is 11.1 Å². The Balaban J connectivity index is 1.57. The van der Waals surface area contributed by atoms with Crippen molar-refractivity contribution in [2.45, 2.75) is 77.4 Å². The van der Waals surface area contributed by atoms with Crippen molar-refractivity contribution in [3.05, 3.63) is 58.2 Å². The number of amides is 2. The second-order valence-electron chi connectivity index (χ2n) is 11.1. The van der Waals surface area contributed by atoms with Crippen molar-refractivity contribution in [3.63, 3.8) is 0 Å². The van der Waals surface area contributed by atoms with Crippen LogP contribution in [0.25, 0.3) is 10.9 Å². The van der Waals surface area contributed by atoms with Crippen molar-refractivity contribution in [3.8, 4) is 0 Å². The zero-order valence-corrected chi connectivity index (χ0v) is 23.3. The van der Waals surface area contributed by atoms with E-state index in [2.05, 4.69) is 20.6 Å². The van der Waals surface area contributed by atoms with E-state index in [0.29, 0.717) is 42.6 Å². The van der Waals surface area contributed by atoms with Crippen LogP contribution < -0.4 is 16.3 Å². The monoisotopic (exact) mass is 535 g/mol. The van der Waals surface area contributed by atoms with E-state index in [1.165, 1.54) is 0 Å². The van der Waals surface area contributed by atoms with Crippen LogP contribution in [-0.4, -0.2) is 51.6 Å². The molecule has 0 unspecified atom stereocenters. The van der Waals surface area contributed by atoms with Gasteiger partial charge in [-0.15, -0.1) is 0 Å². The third-order valence-corrected chi connectivity index (χ3v) is 6.93. The maximum absolute atomic E-state index is 13.7. The summed E-state index contributed by atoms with van der Waals surface area (Å²) >= 11 is 0. The second-order valence-corrected chi connectivity index (χ2v) is 11.1. The molecule has 1 aromatic carbocycles. The minimum atomic E-state index is -0.916. The zero-order valence-electron chi connectivity index (χ0n) is 23.3. The molecule has 2 N–H and O–H groups in total. The summed E-state index contributed by atoms with van der Waals surface area (Å²) in [5, 5.41) is 6.16. The summed E-state index contributed by atoms with van der Waals surface area (Å²) in [4.78, 5) is 49.7. The number of aromatic nitrogens is 2. The molecule has 2 heterocycles. The van der Waals surface area contributed by atoms with Gasteiger partial charge in [-0.2, -0.15) is 4.98 Å². The molecule has 1 aliphatic carbocycles. The minimum Gasteiger partial charge on any atom is -0.444 e. The van der Waals surface area contributed by atoms with E-state index in [1.807, 2.05) is 18.2 Å². The van der Waals surface area contributed by atoms with Crippen LogP contribution in [0.2, 0.25) is 0 Å². The molecule has 208 valence electrons. The first-order chi connectivity index (χ1) is 18.5. The lowest BCUT2D eigenvalue weighted by Crippen LogP contribution is -2.54. The molecule has 4 rings (SSSR count). The fourth-order valence-electron chi connectivity index (χ4n) is 4.97. The molecule has 1 fully saturated rings. The Labute approximate surface area is 228 Å². The van der Waals surface area contributed by atoms with Crippen LogP contribution in [0.15, 0.2) is 45.7 Å². The molecule has 0 spiro atoms. The summed E-state index contributed by atoms with van der Waals surface area (Å²) in [5.74, 6) is -0.0595. The van der Waals surface area contributed by atoms with Crippen LogP contribution in [0.5, 0.6) is 0 Å². The maximum Gasteiger partial charge on any atom is 0.412 e. The second kappa shape index (κ2) is 11.4. The van der Waals surface area contributed by atoms with E-state index in [0.717, 1.165) is 25.0 Å². The number of likely N-dealkylation sites (N-methyl/N-ethyl adjacent to an activating group) is 1. The van der Waals surface area contributed by atoms with Gasteiger partial charge in [0.25, 0.3) is 6.01 Å². The van der Waals surface area contributed by atoms with Crippen molar-refractivity contribution in [1.82, 2.24) is 14.9 Å². The number of nitrogens with zero attached hydrogens (tertiary/aromatic N) is 3. The Morgan fingerprint density at radius 2 is 1.87 bits per heavy atom. The van der Waals surface area contributed by atoms with Crippen molar-refractivity contribution in [2.24, 2.45) is 0 Å². The topological polar surface area (TPSA) is 127 Å². The number of carbonyl (C=O) groups excluding carboxylic acids is 2. The molecular weight excluding hydrogens is 498 g/mol. The van der Waals surface area contributed by atoms with Gasteiger partial charge >= 0.3 is 11.7 Å². The van der Waals surface area contributed by atoms with Gasteiger partial charge in [-0.1, -0.05) is 25.3 Å². The largest absolute Gasteiger partial charge is 0.444 e. The molecule has 2 amide bonds. The van der Waals surface area contributed by atoms with Crippen LogP contribution in [0.3, 0.4) is 0 Å². The highest BCUT2D eigenvalue weighted by atomic mass is 16.6. The number of ether oxygens (including phenoxy) is 1. The van der Waals surface area contributed by atoms with E-state index < -0.39 is 22.9 Å². The quantitative estimate of drug-likeness (QED) is 0.430. The molecule has 1 saturated carbocycles. The van der Waals surface area contributed by atoms with Crippen molar-refractivity contribution in [1.29, 1.82) is 0 Å². The normalized spacial score (nSPS) is 15.0. The summed E-state index contributed by atoms with van der Waals surface area (Å²) in [7, 11) is 1.79. The molecule has 10 nitrogen and oxygen atoms in total. The molecule has 0 bridgehead atoms. The van der Waals surface area contributed by atoms with E-state index in [1.54, 1.807) is 58.0 Å². The number of nitrogens with one attached hydrogen (secondary N) is 2. The average Bonchev–Trinajstić information content (AvgIpc) is 2.88. The van der Waals surface area contributed by atoms with Gasteiger partial charge in [-0.05, 0) is 70.4 Å². The minimum absolute atomic E-state index is 0.00753. The molecular formula is C29H37N5O5. The van der Waals surface area contributed by atoms with Crippen LogP contribution in [0.1, 0.15) is 64.1 Å². The Kier molecular flexibility index (Phi) is 8.22. The smallest absolute Gasteiger partial charge is 0.412 e. The zero-order chi connectivity index (χ0) is 28.2. The number of benzene rings is 1. The number of carbonyl (C=O) groups is 2. The average molecular weight is 536 g/mol. The molecule has 2 aromatic heterocycles. The van der Waals surface area contributed by atoms with Gasteiger partial charge in [-0.3, -0.25) is 15.1 Å². The third kappa shape index (κ3) is 6.74. The van der Waals surface area contributed by atoms with Gasteiger partial charge in [0, 0.05) is 37.6 Å². The van der Waals surface area contributed by atoms with Crippen LogP contribution in [0, 0.1) is 6.92 Å². The highest BCUT2D eigenvalue weighted by Crippen LogP contribution is 2.33. The summed E-state index contributed by atoms with van der Waals surface area (Å²) in [6.45, 7) is 7.55. The molecule has 10 heteroatoms.